The number of benzene rings is 2. The molecule has 1 aliphatic rings. The van der Waals surface area contributed by atoms with E-state index in [4.69, 9.17) is 38.8 Å². The molecule has 3 N–H and O–H groups in total. The maximum Gasteiger partial charge on any atom is 0.350 e. The zero-order chi connectivity index (χ0) is 25.8. The van der Waals surface area contributed by atoms with Crippen molar-refractivity contribution >= 4 is 40.8 Å². The number of aliphatic hydroxyl groups excluding tert-OH is 1. The molecule has 0 bridgehead atoms. The number of nitrogens with zero attached hydrogens (tertiary/aromatic N) is 2. The lowest BCUT2D eigenvalue weighted by atomic mass is 10.2. The first-order valence-electron chi connectivity index (χ1n) is 11.2. The Bertz CT molecular complexity index is 1080. The van der Waals surface area contributed by atoms with Gasteiger partial charge in [0.15, 0.2) is 0 Å². The van der Waals surface area contributed by atoms with Crippen molar-refractivity contribution < 1.29 is 14.2 Å². The van der Waals surface area contributed by atoms with Crippen molar-refractivity contribution in [2.45, 2.75) is 50.3 Å². The van der Waals surface area contributed by atoms with E-state index in [0.717, 1.165) is 11.1 Å². The highest BCUT2D eigenvalue weighted by atomic mass is 35.5. The highest BCUT2D eigenvalue weighted by molar-refractivity contribution is 8.00. The summed E-state index contributed by atoms with van der Waals surface area (Å²) in [5.41, 5.74) is 6.83. The summed E-state index contributed by atoms with van der Waals surface area (Å²) in [6.45, 7) is 4.94. The topological polar surface area (TPSA) is 90.4 Å². The molecule has 0 saturated carbocycles. The van der Waals surface area contributed by atoms with Crippen LogP contribution in [0.5, 0.6) is 0 Å². The lowest BCUT2D eigenvalue weighted by Crippen LogP contribution is -2.28. The number of anilines is 1. The molecular formula is C25H30Cl2FN3O3S. The van der Waals surface area contributed by atoms with Crippen LogP contribution in [-0.4, -0.2) is 32.7 Å². The van der Waals surface area contributed by atoms with Gasteiger partial charge in [0, 0.05) is 21.5 Å². The molecule has 1 saturated heterocycles. The number of alkyl halides is 1. The third kappa shape index (κ3) is 9.46. The number of rotatable bonds is 6. The van der Waals surface area contributed by atoms with Gasteiger partial charge in [0.2, 0.25) is 0 Å². The first-order chi connectivity index (χ1) is 16.9. The number of nitrogen functional groups attached to an aromatic ring is 1. The third-order valence-electron chi connectivity index (χ3n) is 4.84. The van der Waals surface area contributed by atoms with Crippen LogP contribution in [0.1, 0.15) is 36.8 Å². The van der Waals surface area contributed by atoms with Crippen molar-refractivity contribution in [3.05, 3.63) is 92.5 Å². The van der Waals surface area contributed by atoms with E-state index in [1.54, 1.807) is 36.4 Å². The molecule has 0 amide bonds. The Labute approximate surface area is 219 Å². The second-order valence-corrected chi connectivity index (χ2v) is 9.66. The Kier molecular flexibility index (Phi) is 12.6. The van der Waals surface area contributed by atoms with Crippen LogP contribution in [0.2, 0.25) is 10.0 Å². The highest BCUT2D eigenvalue weighted by Gasteiger charge is 2.37. The molecule has 2 heterocycles. The fraction of sp³-hybridized carbons (Fsp3) is 0.360. The molecule has 0 aliphatic carbocycles. The van der Waals surface area contributed by atoms with E-state index < -0.39 is 17.2 Å². The summed E-state index contributed by atoms with van der Waals surface area (Å²) in [5.74, 6) is 0.137. The summed E-state index contributed by atoms with van der Waals surface area (Å²) in [5, 5.41) is 9.36. The molecule has 190 valence electrons. The van der Waals surface area contributed by atoms with Gasteiger partial charge >= 0.3 is 5.69 Å². The summed E-state index contributed by atoms with van der Waals surface area (Å²) in [7, 11) is 0. The van der Waals surface area contributed by atoms with Gasteiger partial charge in [-0.15, -0.1) is 11.8 Å². The lowest BCUT2D eigenvalue weighted by Gasteiger charge is -2.15. The molecule has 2 aromatic carbocycles. The fourth-order valence-electron chi connectivity index (χ4n) is 3.15. The summed E-state index contributed by atoms with van der Waals surface area (Å²) < 4.78 is 21.3. The maximum absolute atomic E-state index is 14.3. The number of thioether (sulfide) groups is 1. The average molecular weight is 543 g/mol. The first-order valence-corrected chi connectivity index (χ1v) is 12.9. The molecular weight excluding hydrogens is 512 g/mol. The second-order valence-electron chi connectivity index (χ2n) is 7.37. The van der Waals surface area contributed by atoms with Gasteiger partial charge < -0.3 is 15.6 Å². The predicted molar refractivity (Wildman–Crippen MR) is 143 cm³/mol. The molecule has 1 aromatic heterocycles. The number of halogens is 3. The van der Waals surface area contributed by atoms with Crippen molar-refractivity contribution in [1.29, 1.82) is 0 Å². The summed E-state index contributed by atoms with van der Waals surface area (Å²) >= 11 is 12.8. The zero-order valence-electron chi connectivity index (χ0n) is 19.6. The van der Waals surface area contributed by atoms with E-state index in [0.29, 0.717) is 29.7 Å². The van der Waals surface area contributed by atoms with Gasteiger partial charge in [-0.05, 0) is 47.9 Å². The van der Waals surface area contributed by atoms with Crippen LogP contribution in [0.3, 0.4) is 0 Å². The summed E-state index contributed by atoms with van der Waals surface area (Å²) in [6, 6.07) is 16.0. The van der Waals surface area contributed by atoms with Gasteiger partial charge in [0.25, 0.3) is 0 Å². The van der Waals surface area contributed by atoms with E-state index in [1.807, 2.05) is 26.0 Å². The third-order valence-corrected chi connectivity index (χ3v) is 6.86. The minimum atomic E-state index is -1.12. The van der Waals surface area contributed by atoms with Gasteiger partial charge in [-0.1, -0.05) is 61.3 Å². The van der Waals surface area contributed by atoms with E-state index in [-0.39, 0.29) is 17.7 Å². The molecule has 4 rings (SSSR count). The Morgan fingerprint density at radius 3 is 2.20 bits per heavy atom. The number of aromatic nitrogens is 2. The van der Waals surface area contributed by atoms with Crippen LogP contribution in [-0.2, 0) is 18.0 Å². The Balaban J connectivity index is 0.000000329. The normalized spacial score (nSPS) is 18.7. The SMILES string of the molecule is CC.Nc1ccn(C2SC(COCc3ccc(Cl)cc3)CC2F)c(=O)n1.OCc1ccc(Cl)cc1. The molecule has 3 unspecified atom stereocenters. The van der Waals surface area contributed by atoms with Gasteiger partial charge in [-0.3, -0.25) is 4.57 Å². The number of ether oxygens (including phenoxy) is 1. The molecule has 0 spiro atoms. The van der Waals surface area contributed by atoms with E-state index in [2.05, 4.69) is 4.98 Å². The van der Waals surface area contributed by atoms with Crippen molar-refractivity contribution in [2.75, 3.05) is 12.3 Å². The summed E-state index contributed by atoms with van der Waals surface area (Å²) in [4.78, 5) is 15.5. The van der Waals surface area contributed by atoms with Gasteiger partial charge in [-0.25, -0.2) is 9.18 Å². The summed E-state index contributed by atoms with van der Waals surface area (Å²) in [6.07, 6.45) is 0.709. The molecule has 1 fully saturated rings. The van der Waals surface area contributed by atoms with E-state index in [1.165, 1.54) is 28.6 Å². The molecule has 35 heavy (non-hydrogen) atoms. The van der Waals surface area contributed by atoms with Crippen LogP contribution >= 0.6 is 35.0 Å². The number of nitrogens with two attached hydrogens (primary N) is 1. The number of hydrogen-bond acceptors (Lipinski definition) is 6. The number of hydrogen-bond donors (Lipinski definition) is 2. The van der Waals surface area contributed by atoms with E-state index >= 15 is 0 Å². The monoisotopic (exact) mass is 541 g/mol. The molecule has 1 aliphatic heterocycles. The first kappa shape index (κ1) is 29.1. The zero-order valence-corrected chi connectivity index (χ0v) is 21.9. The predicted octanol–water partition coefficient (Wildman–Crippen LogP) is 5.90. The van der Waals surface area contributed by atoms with Crippen LogP contribution < -0.4 is 11.4 Å². The highest BCUT2D eigenvalue weighted by Crippen LogP contribution is 2.42. The van der Waals surface area contributed by atoms with Gasteiger partial charge in [0.05, 0.1) is 19.8 Å². The van der Waals surface area contributed by atoms with Crippen molar-refractivity contribution in [1.82, 2.24) is 9.55 Å². The molecule has 0 radical (unpaired) electrons. The van der Waals surface area contributed by atoms with Crippen molar-refractivity contribution in [3.8, 4) is 0 Å². The van der Waals surface area contributed by atoms with Crippen LogP contribution in [0.25, 0.3) is 0 Å². The lowest BCUT2D eigenvalue weighted by molar-refractivity contribution is 0.117. The minimum Gasteiger partial charge on any atom is -0.392 e. The molecule has 10 heteroatoms. The minimum absolute atomic E-state index is 0.0123. The van der Waals surface area contributed by atoms with E-state index in [9.17, 15) is 9.18 Å². The van der Waals surface area contributed by atoms with Gasteiger partial charge in [-0.2, -0.15) is 4.98 Å². The maximum atomic E-state index is 14.3. The van der Waals surface area contributed by atoms with Crippen LogP contribution in [0.4, 0.5) is 10.2 Å². The smallest absolute Gasteiger partial charge is 0.350 e. The van der Waals surface area contributed by atoms with Crippen LogP contribution in [0, 0.1) is 0 Å². The van der Waals surface area contributed by atoms with Gasteiger partial charge in [0.1, 0.15) is 17.4 Å². The quantitative estimate of drug-likeness (QED) is 0.404. The Morgan fingerprint density at radius 2 is 1.66 bits per heavy atom. The Morgan fingerprint density at radius 1 is 1.09 bits per heavy atom. The fourth-order valence-corrected chi connectivity index (χ4v) is 4.84. The molecule has 3 atom stereocenters. The van der Waals surface area contributed by atoms with Crippen molar-refractivity contribution in [2.24, 2.45) is 0 Å². The molecule has 6 nitrogen and oxygen atoms in total. The van der Waals surface area contributed by atoms with Crippen LogP contribution in [0.15, 0.2) is 65.6 Å². The number of aliphatic hydroxyl groups is 1. The molecule has 3 aromatic rings. The Hall–Kier alpha value is -2.10. The standard InChI is InChI=1S/C16H17ClFN3O2S.C7H7ClO.C2H6/c17-11-3-1-10(2-4-11)8-23-9-12-7-13(18)15(24-12)21-6-5-14(19)20-16(21)22;8-7-3-1-6(5-9)2-4-7;1-2/h1-6,12-13,15H,7-9H2,(H2,19,20,22);1-4,9H,5H2;1-2H3. The second kappa shape index (κ2) is 15.1. The van der Waals surface area contributed by atoms with Crippen molar-refractivity contribution in [3.63, 3.8) is 0 Å². The average Bonchev–Trinajstić information content (AvgIpc) is 3.22. The largest absolute Gasteiger partial charge is 0.392 e.